The average molecular weight is 268 g/mol. The van der Waals surface area contributed by atoms with Gasteiger partial charge in [-0.15, -0.1) is 0 Å². The first-order valence-electron chi connectivity index (χ1n) is 6.38. The van der Waals surface area contributed by atoms with E-state index in [1.807, 2.05) is 42.1 Å². The van der Waals surface area contributed by atoms with Crippen molar-refractivity contribution >= 4 is 11.0 Å². The Balaban J connectivity index is 2.24. The Kier molecular flexibility index (Phi) is 3.12. The molecule has 0 saturated carbocycles. The summed E-state index contributed by atoms with van der Waals surface area (Å²) in [5.74, 6) is 0.825. The van der Waals surface area contributed by atoms with Crippen LogP contribution in [0.15, 0.2) is 36.8 Å². The first-order chi connectivity index (χ1) is 9.74. The van der Waals surface area contributed by atoms with Gasteiger partial charge in [-0.3, -0.25) is 0 Å². The number of ether oxygens (including phenoxy) is 1. The highest BCUT2D eigenvalue weighted by atomic mass is 16.5. The summed E-state index contributed by atoms with van der Waals surface area (Å²) in [6, 6.07) is 7.84. The Labute approximate surface area is 117 Å². The Hall–Kier alpha value is -2.40. The first-order valence-corrected chi connectivity index (χ1v) is 6.38. The van der Waals surface area contributed by atoms with E-state index in [2.05, 4.69) is 9.97 Å². The zero-order chi connectivity index (χ0) is 14.1. The van der Waals surface area contributed by atoms with Gasteiger partial charge in [0, 0.05) is 30.7 Å². The molecule has 0 amide bonds. The number of methoxy groups -OCH3 is 1. The average Bonchev–Trinajstić information content (AvgIpc) is 2.84. The smallest absolute Gasteiger partial charge is 0.144 e. The summed E-state index contributed by atoms with van der Waals surface area (Å²) >= 11 is 0. The van der Waals surface area contributed by atoms with Crippen molar-refractivity contribution < 1.29 is 4.74 Å². The second-order valence-corrected chi connectivity index (χ2v) is 4.62. The fourth-order valence-corrected chi connectivity index (χ4v) is 2.42. The molecule has 3 rings (SSSR count). The molecule has 0 radical (unpaired) electrons. The van der Waals surface area contributed by atoms with Gasteiger partial charge in [0.25, 0.3) is 0 Å². The predicted octanol–water partition coefficient (Wildman–Crippen LogP) is 2.10. The van der Waals surface area contributed by atoms with Crippen LogP contribution >= 0.6 is 0 Å². The van der Waals surface area contributed by atoms with Gasteiger partial charge in [-0.05, 0) is 29.8 Å². The van der Waals surface area contributed by atoms with Crippen LogP contribution in [0.1, 0.15) is 5.56 Å². The molecular formula is C15H16N4O. The molecule has 0 aliphatic rings. The summed E-state index contributed by atoms with van der Waals surface area (Å²) in [6.45, 7) is 0.466. The predicted molar refractivity (Wildman–Crippen MR) is 78.4 cm³/mol. The number of hydrogen-bond donors (Lipinski definition) is 1. The minimum absolute atomic E-state index is 0.466. The molecule has 0 atom stereocenters. The maximum absolute atomic E-state index is 5.83. The first kappa shape index (κ1) is 12.6. The summed E-state index contributed by atoms with van der Waals surface area (Å²) in [5, 5.41) is 1.02. The molecule has 2 heterocycles. The van der Waals surface area contributed by atoms with Gasteiger partial charge in [0.1, 0.15) is 17.7 Å². The highest BCUT2D eigenvalue weighted by molar-refractivity contribution is 5.93. The summed E-state index contributed by atoms with van der Waals surface area (Å²) in [6.07, 6.45) is 3.59. The van der Waals surface area contributed by atoms with Crippen LogP contribution in [0.25, 0.3) is 22.3 Å². The zero-order valence-electron chi connectivity index (χ0n) is 11.5. The lowest BCUT2D eigenvalue weighted by atomic mass is 10.1. The lowest BCUT2D eigenvalue weighted by molar-refractivity contribution is 0.415. The largest absolute Gasteiger partial charge is 0.497 e. The molecule has 3 aromatic rings. The highest BCUT2D eigenvalue weighted by Gasteiger charge is 2.13. The molecule has 0 aliphatic carbocycles. The van der Waals surface area contributed by atoms with E-state index in [4.69, 9.17) is 10.5 Å². The van der Waals surface area contributed by atoms with Crippen LogP contribution in [0.2, 0.25) is 0 Å². The Morgan fingerprint density at radius 3 is 2.60 bits per heavy atom. The van der Waals surface area contributed by atoms with Crippen molar-refractivity contribution in [2.45, 2.75) is 6.54 Å². The number of rotatable bonds is 3. The minimum atomic E-state index is 0.466. The number of benzene rings is 1. The van der Waals surface area contributed by atoms with Crippen LogP contribution in [0.3, 0.4) is 0 Å². The fourth-order valence-electron chi connectivity index (χ4n) is 2.42. The molecule has 1 aromatic carbocycles. The molecule has 0 unspecified atom stereocenters. The quantitative estimate of drug-likeness (QED) is 0.790. The second kappa shape index (κ2) is 4.94. The summed E-state index contributed by atoms with van der Waals surface area (Å²) in [7, 11) is 3.62. The van der Waals surface area contributed by atoms with Crippen molar-refractivity contribution in [3.05, 3.63) is 42.4 Å². The Bertz CT molecular complexity index is 746. The molecular weight excluding hydrogens is 252 g/mol. The number of aromatic nitrogens is 3. The van der Waals surface area contributed by atoms with Crippen LogP contribution in [0, 0.1) is 0 Å². The normalized spacial score (nSPS) is 10.9. The lowest BCUT2D eigenvalue weighted by Crippen LogP contribution is -1.96. The summed E-state index contributed by atoms with van der Waals surface area (Å²) in [4.78, 5) is 8.77. The standard InChI is InChI=1S/C15H16N4O/c1-19-8-11(7-16)13-14(17-9-18-15(13)19)10-3-5-12(20-2)6-4-10/h3-6,8-9H,7,16H2,1-2H3. The van der Waals surface area contributed by atoms with Gasteiger partial charge in [0.05, 0.1) is 12.8 Å². The van der Waals surface area contributed by atoms with Gasteiger partial charge in [0.15, 0.2) is 0 Å². The molecule has 20 heavy (non-hydrogen) atoms. The molecule has 102 valence electrons. The number of nitrogens with zero attached hydrogens (tertiary/aromatic N) is 3. The van der Waals surface area contributed by atoms with Crippen molar-refractivity contribution in [3.8, 4) is 17.0 Å². The van der Waals surface area contributed by atoms with Gasteiger partial charge in [-0.2, -0.15) is 0 Å². The maximum Gasteiger partial charge on any atom is 0.144 e. The Morgan fingerprint density at radius 1 is 1.20 bits per heavy atom. The molecule has 0 saturated heterocycles. The zero-order valence-corrected chi connectivity index (χ0v) is 11.5. The van der Waals surface area contributed by atoms with Crippen LogP contribution in [-0.4, -0.2) is 21.6 Å². The third-order valence-electron chi connectivity index (χ3n) is 3.42. The van der Waals surface area contributed by atoms with Crippen LogP contribution in [0.5, 0.6) is 5.75 Å². The van der Waals surface area contributed by atoms with E-state index >= 15 is 0 Å². The summed E-state index contributed by atoms with van der Waals surface area (Å²) < 4.78 is 7.16. The molecule has 2 N–H and O–H groups in total. The van der Waals surface area contributed by atoms with Crippen LogP contribution < -0.4 is 10.5 Å². The molecule has 2 aromatic heterocycles. The van der Waals surface area contributed by atoms with E-state index in [9.17, 15) is 0 Å². The van der Waals surface area contributed by atoms with E-state index < -0.39 is 0 Å². The topological polar surface area (TPSA) is 66.0 Å². The van der Waals surface area contributed by atoms with Gasteiger partial charge < -0.3 is 15.0 Å². The number of aryl methyl sites for hydroxylation is 1. The molecule has 5 nitrogen and oxygen atoms in total. The van der Waals surface area contributed by atoms with E-state index in [-0.39, 0.29) is 0 Å². The number of nitrogens with two attached hydrogens (primary N) is 1. The second-order valence-electron chi connectivity index (χ2n) is 4.62. The van der Waals surface area contributed by atoms with Gasteiger partial charge in [-0.1, -0.05) is 0 Å². The number of fused-ring (bicyclic) bond motifs is 1. The van der Waals surface area contributed by atoms with Crippen molar-refractivity contribution in [1.29, 1.82) is 0 Å². The van der Waals surface area contributed by atoms with Gasteiger partial charge in [-0.25, -0.2) is 9.97 Å². The molecule has 0 aliphatic heterocycles. The van der Waals surface area contributed by atoms with Gasteiger partial charge in [0.2, 0.25) is 0 Å². The van der Waals surface area contributed by atoms with Crippen molar-refractivity contribution in [3.63, 3.8) is 0 Å². The summed E-state index contributed by atoms with van der Waals surface area (Å²) in [5.41, 5.74) is 9.71. The monoisotopic (exact) mass is 268 g/mol. The van der Waals surface area contributed by atoms with Crippen molar-refractivity contribution in [1.82, 2.24) is 14.5 Å². The highest BCUT2D eigenvalue weighted by Crippen LogP contribution is 2.29. The van der Waals surface area contributed by atoms with Gasteiger partial charge >= 0.3 is 0 Å². The maximum atomic E-state index is 5.83. The van der Waals surface area contributed by atoms with Crippen molar-refractivity contribution in [2.24, 2.45) is 12.8 Å². The number of hydrogen-bond acceptors (Lipinski definition) is 4. The molecule has 0 spiro atoms. The Morgan fingerprint density at radius 2 is 1.95 bits per heavy atom. The molecule has 0 fully saturated rings. The third-order valence-corrected chi connectivity index (χ3v) is 3.42. The van der Waals surface area contributed by atoms with E-state index in [0.29, 0.717) is 6.54 Å². The minimum Gasteiger partial charge on any atom is -0.497 e. The SMILES string of the molecule is COc1ccc(-c2ncnc3c2c(CN)cn3C)cc1. The van der Waals surface area contributed by atoms with Crippen LogP contribution in [0.4, 0.5) is 0 Å². The fraction of sp³-hybridized carbons (Fsp3) is 0.200. The lowest BCUT2D eigenvalue weighted by Gasteiger charge is -2.06. The van der Waals surface area contributed by atoms with E-state index in [1.165, 1.54) is 0 Å². The van der Waals surface area contributed by atoms with E-state index in [0.717, 1.165) is 33.6 Å². The molecule has 5 heteroatoms. The van der Waals surface area contributed by atoms with Crippen molar-refractivity contribution in [2.75, 3.05) is 7.11 Å². The molecule has 0 bridgehead atoms. The third kappa shape index (κ3) is 1.92. The van der Waals surface area contributed by atoms with E-state index in [1.54, 1.807) is 13.4 Å². The van der Waals surface area contributed by atoms with Crippen LogP contribution in [-0.2, 0) is 13.6 Å².